The van der Waals surface area contributed by atoms with Crippen molar-refractivity contribution in [3.8, 4) is 0 Å². The quantitative estimate of drug-likeness (QED) is 0.728. The van der Waals surface area contributed by atoms with E-state index in [1.54, 1.807) is 6.20 Å². The Morgan fingerprint density at radius 3 is 3.00 bits per heavy atom. The van der Waals surface area contributed by atoms with Gasteiger partial charge in [-0.2, -0.15) is 5.10 Å². The van der Waals surface area contributed by atoms with Crippen LogP contribution in [0.4, 0.5) is 0 Å². The molecule has 1 unspecified atom stereocenters. The van der Waals surface area contributed by atoms with Crippen molar-refractivity contribution in [3.05, 3.63) is 18.5 Å². The lowest BCUT2D eigenvalue weighted by Crippen LogP contribution is -2.28. The van der Waals surface area contributed by atoms with Crippen molar-refractivity contribution < 1.29 is 8.42 Å². The maximum Gasteiger partial charge on any atom is 0.150 e. The van der Waals surface area contributed by atoms with E-state index in [0.717, 1.165) is 19.4 Å². The molecule has 78 valence electrons. The van der Waals surface area contributed by atoms with Gasteiger partial charge in [0.15, 0.2) is 9.84 Å². The highest BCUT2D eigenvalue weighted by Crippen LogP contribution is 2.19. The summed E-state index contributed by atoms with van der Waals surface area (Å²) < 4.78 is 24.5. The molecule has 1 aliphatic rings. The molecule has 4 nitrogen and oxygen atoms in total. The van der Waals surface area contributed by atoms with Gasteiger partial charge >= 0.3 is 0 Å². The molecule has 0 aliphatic carbocycles. The van der Waals surface area contributed by atoms with Crippen LogP contribution < -0.4 is 0 Å². The highest BCUT2D eigenvalue weighted by atomic mass is 32.2. The predicted octanol–water partition coefficient (Wildman–Crippen LogP) is 0.708. The second-order valence-electron chi connectivity index (χ2n) is 3.85. The molecule has 5 heteroatoms. The Bertz CT molecular complexity index is 383. The molecule has 0 saturated carbocycles. The van der Waals surface area contributed by atoms with Gasteiger partial charge in [-0.3, -0.25) is 4.68 Å². The average Bonchev–Trinajstić information content (AvgIpc) is 2.54. The van der Waals surface area contributed by atoms with Crippen LogP contribution in [0.3, 0.4) is 0 Å². The molecular weight excluding hydrogens is 200 g/mol. The molecule has 1 aromatic heterocycles. The summed E-state index contributed by atoms with van der Waals surface area (Å²) in [5, 5.41) is 4.08. The first-order chi connectivity index (χ1) is 6.66. The van der Waals surface area contributed by atoms with Gasteiger partial charge in [-0.1, -0.05) is 0 Å². The molecule has 1 saturated heterocycles. The molecule has 0 spiro atoms. The van der Waals surface area contributed by atoms with Crippen molar-refractivity contribution in [3.63, 3.8) is 0 Å². The van der Waals surface area contributed by atoms with Crippen LogP contribution in [0.2, 0.25) is 0 Å². The Labute approximate surface area is 83.8 Å². The molecule has 1 aliphatic heterocycles. The molecule has 2 rings (SSSR count). The van der Waals surface area contributed by atoms with Gasteiger partial charge in [0.1, 0.15) is 0 Å². The molecule has 1 aromatic rings. The van der Waals surface area contributed by atoms with Crippen LogP contribution in [-0.2, 0) is 16.4 Å². The molecule has 2 heterocycles. The minimum Gasteiger partial charge on any atom is -0.272 e. The summed E-state index contributed by atoms with van der Waals surface area (Å²) in [5.74, 6) is 0.934. The fourth-order valence-electron chi connectivity index (χ4n) is 1.93. The zero-order valence-corrected chi connectivity index (χ0v) is 8.78. The maximum atomic E-state index is 11.4. The van der Waals surface area contributed by atoms with Crippen LogP contribution in [0.15, 0.2) is 18.5 Å². The topological polar surface area (TPSA) is 52.0 Å². The Kier molecular flexibility index (Phi) is 2.58. The SMILES string of the molecule is O=S1(=O)CCCC(Cn2cccn2)C1. The third-order valence-corrected chi connectivity index (χ3v) is 4.45. The summed E-state index contributed by atoms with van der Waals surface area (Å²) in [6, 6.07) is 1.86. The predicted molar refractivity (Wildman–Crippen MR) is 53.6 cm³/mol. The number of hydrogen-bond acceptors (Lipinski definition) is 3. The first-order valence-corrected chi connectivity index (χ1v) is 6.66. The summed E-state index contributed by atoms with van der Waals surface area (Å²) in [7, 11) is -2.78. The van der Waals surface area contributed by atoms with Crippen molar-refractivity contribution in [1.29, 1.82) is 0 Å². The Morgan fingerprint density at radius 2 is 2.36 bits per heavy atom. The van der Waals surface area contributed by atoms with E-state index in [1.165, 1.54) is 0 Å². The van der Waals surface area contributed by atoms with E-state index >= 15 is 0 Å². The van der Waals surface area contributed by atoms with Crippen molar-refractivity contribution >= 4 is 9.84 Å². The fourth-order valence-corrected chi connectivity index (χ4v) is 3.70. The number of nitrogens with zero attached hydrogens (tertiary/aromatic N) is 2. The molecule has 1 fully saturated rings. The second-order valence-corrected chi connectivity index (χ2v) is 6.08. The molecule has 0 radical (unpaired) electrons. The zero-order valence-electron chi connectivity index (χ0n) is 7.96. The third kappa shape index (κ3) is 2.35. The normalized spacial score (nSPS) is 26.1. The molecular formula is C9H14N2O2S. The standard InChI is InChI=1S/C9H14N2O2S/c12-14(13)6-1-3-9(8-14)7-11-5-2-4-10-11/h2,4-5,9H,1,3,6-8H2. The molecule has 0 amide bonds. The number of rotatable bonds is 2. The minimum absolute atomic E-state index is 0.244. The van der Waals surface area contributed by atoms with Crippen LogP contribution in [0.5, 0.6) is 0 Å². The maximum absolute atomic E-state index is 11.4. The van der Waals surface area contributed by atoms with E-state index in [9.17, 15) is 8.42 Å². The van der Waals surface area contributed by atoms with Gasteiger partial charge in [-0.15, -0.1) is 0 Å². The minimum atomic E-state index is -2.78. The van der Waals surface area contributed by atoms with E-state index in [0.29, 0.717) is 11.5 Å². The smallest absolute Gasteiger partial charge is 0.150 e. The van der Waals surface area contributed by atoms with Gasteiger partial charge in [-0.25, -0.2) is 8.42 Å². The first-order valence-electron chi connectivity index (χ1n) is 4.83. The number of aromatic nitrogens is 2. The van der Waals surface area contributed by atoms with Crippen LogP contribution in [-0.4, -0.2) is 29.7 Å². The van der Waals surface area contributed by atoms with Crippen molar-refractivity contribution in [1.82, 2.24) is 9.78 Å². The summed E-state index contributed by atoms with van der Waals surface area (Å²) in [6.45, 7) is 0.728. The summed E-state index contributed by atoms with van der Waals surface area (Å²) >= 11 is 0. The first kappa shape index (κ1) is 9.71. The third-order valence-electron chi connectivity index (χ3n) is 2.56. The van der Waals surface area contributed by atoms with Crippen LogP contribution in [0, 0.1) is 5.92 Å². The Morgan fingerprint density at radius 1 is 1.50 bits per heavy atom. The van der Waals surface area contributed by atoms with E-state index in [4.69, 9.17) is 0 Å². The summed E-state index contributed by atoms with van der Waals surface area (Å²) in [4.78, 5) is 0. The Hall–Kier alpha value is -0.840. The highest BCUT2D eigenvalue weighted by molar-refractivity contribution is 7.91. The Balaban J connectivity index is 1.99. The lowest BCUT2D eigenvalue weighted by atomic mass is 10.1. The van der Waals surface area contributed by atoms with E-state index in [2.05, 4.69) is 5.10 Å². The lowest BCUT2D eigenvalue weighted by molar-refractivity contribution is 0.406. The molecule has 0 N–H and O–H groups in total. The fraction of sp³-hybridized carbons (Fsp3) is 0.667. The zero-order chi connectivity index (χ0) is 10.0. The van der Waals surface area contributed by atoms with Gasteiger partial charge in [-0.05, 0) is 24.8 Å². The molecule has 14 heavy (non-hydrogen) atoms. The van der Waals surface area contributed by atoms with Gasteiger partial charge in [0.05, 0.1) is 11.5 Å². The van der Waals surface area contributed by atoms with Crippen molar-refractivity contribution in [2.75, 3.05) is 11.5 Å². The van der Waals surface area contributed by atoms with Crippen LogP contribution in [0.25, 0.3) is 0 Å². The lowest BCUT2D eigenvalue weighted by Gasteiger charge is -2.21. The van der Waals surface area contributed by atoms with E-state index in [1.807, 2.05) is 16.9 Å². The van der Waals surface area contributed by atoms with Crippen LogP contribution in [0.1, 0.15) is 12.8 Å². The van der Waals surface area contributed by atoms with Gasteiger partial charge in [0.2, 0.25) is 0 Å². The van der Waals surface area contributed by atoms with Crippen molar-refractivity contribution in [2.24, 2.45) is 5.92 Å². The van der Waals surface area contributed by atoms with E-state index in [-0.39, 0.29) is 5.92 Å². The summed E-state index contributed by atoms with van der Waals surface area (Å²) in [6.07, 6.45) is 5.39. The van der Waals surface area contributed by atoms with Gasteiger partial charge in [0, 0.05) is 18.9 Å². The molecule has 0 aromatic carbocycles. The number of sulfone groups is 1. The van der Waals surface area contributed by atoms with Crippen LogP contribution >= 0.6 is 0 Å². The van der Waals surface area contributed by atoms with Gasteiger partial charge in [0.25, 0.3) is 0 Å². The number of hydrogen-bond donors (Lipinski definition) is 0. The second kappa shape index (κ2) is 3.73. The monoisotopic (exact) mass is 214 g/mol. The summed E-state index contributed by atoms with van der Waals surface area (Å²) in [5.41, 5.74) is 0. The highest BCUT2D eigenvalue weighted by Gasteiger charge is 2.24. The van der Waals surface area contributed by atoms with Gasteiger partial charge < -0.3 is 0 Å². The van der Waals surface area contributed by atoms with E-state index < -0.39 is 9.84 Å². The van der Waals surface area contributed by atoms with Crippen molar-refractivity contribution in [2.45, 2.75) is 19.4 Å². The average molecular weight is 214 g/mol. The molecule has 0 bridgehead atoms. The molecule has 1 atom stereocenters. The largest absolute Gasteiger partial charge is 0.272 e.